The minimum atomic E-state index is -0.247. The van der Waals surface area contributed by atoms with Gasteiger partial charge in [-0.15, -0.1) is 11.3 Å². The van der Waals surface area contributed by atoms with E-state index in [-0.39, 0.29) is 17.0 Å². The van der Waals surface area contributed by atoms with Gasteiger partial charge in [-0.25, -0.2) is 9.37 Å². The van der Waals surface area contributed by atoms with E-state index in [0.29, 0.717) is 13.0 Å². The van der Waals surface area contributed by atoms with E-state index >= 15 is 0 Å². The van der Waals surface area contributed by atoms with E-state index in [4.69, 9.17) is 0 Å². The van der Waals surface area contributed by atoms with E-state index in [9.17, 15) is 9.18 Å². The van der Waals surface area contributed by atoms with Crippen LogP contribution in [0, 0.1) is 5.82 Å². The van der Waals surface area contributed by atoms with Crippen LogP contribution in [-0.2, 0) is 11.2 Å². The Bertz CT molecular complexity index is 799. The van der Waals surface area contributed by atoms with Crippen LogP contribution in [0.4, 0.5) is 4.39 Å². The average Bonchev–Trinajstić information content (AvgIpc) is 2.98. The Balaban J connectivity index is 1.50. The summed E-state index contributed by atoms with van der Waals surface area (Å²) in [6.45, 7) is 2.42. The first kappa shape index (κ1) is 16.9. The molecule has 1 N–H and O–H groups in total. The van der Waals surface area contributed by atoms with Crippen LogP contribution in [0.5, 0.6) is 0 Å². The van der Waals surface area contributed by atoms with Crippen molar-refractivity contribution in [2.75, 3.05) is 6.54 Å². The molecule has 0 saturated heterocycles. The lowest BCUT2D eigenvalue weighted by Crippen LogP contribution is -2.32. The molecule has 0 unspecified atom stereocenters. The van der Waals surface area contributed by atoms with Gasteiger partial charge in [0.05, 0.1) is 15.5 Å². The highest BCUT2D eigenvalue weighted by Crippen LogP contribution is 2.31. The number of hydrogen-bond donors (Lipinski definition) is 1. The summed E-state index contributed by atoms with van der Waals surface area (Å²) >= 11 is 3.07. The number of para-hydroxylation sites is 1. The molecule has 0 fully saturated rings. The molecule has 1 amide bonds. The first-order chi connectivity index (χ1) is 11.6. The van der Waals surface area contributed by atoms with Crippen molar-refractivity contribution in [2.45, 2.75) is 22.9 Å². The van der Waals surface area contributed by atoms with Crippen molar-refractivity contribution in [3.05, 3.63) is 59.9 Å². The molecule has 3 rings (SSSR count). The normalized spacial score (nSPS) is 12.2. The second-order valence-electron chi connectivity index (χ2n) is 5.38. The number of carbonyl (C=O) groups is 1. The smallest absolute Gasteiger partial charge is 0.233 e. The predicted molar refractivity (Wildman–Crippen MR) is 98.1 cm³/mol. The third-order valence-electron chi connectivity index (χ3n) is 3.55. The number of benzene rings is 2. The van der Waals surface area contributed by atoms with Crippen molar-refractivity contribution in [3.8, 4) is 0 Å². The van der Waals surface area contributed by atoms with Gasteiger partial charge in [0.1, 0.15) is 5.82 Å². The molecule has 0 bridgehead atoms. The third kappa shape index (κ3) is 4.33. The Hall–Kier alpha value is -1.92. The van der Waals surface area contributed by atoms with Gasteiger partial charge >= 0.3 is 0 Å². The summed E-state index contributed by atoms with van der Waals surface area (Å²) in [6.07, 6.45) is 0.685. The number of halogens is 1. The standard InChI is InChI=1S/C18H17FN2OS2/c1-12(23-18-21-15-4-2-3-5-16(15)24-18)17(22)20-11-10-13-6-8-14(19)9-7-13/h2-9,12H,10-11H2,1H3,(H,20,22)/t12-/m0/s1. The number of hydrogen-bond acceptors (Lipinski definition) is 4. The quantitative estimate of drug-likeness (QED) is 0.667. The third-order valence-corrected chi connectivity index (χ3v) is 5.78. The van der Waals surface area contributed by atoms with Crippen LogP contribution in [0.1, 0.15) is 12.5 Å². The highest BCUT2D eigenvalue weighted by Gasteiger charge is 2.16. The number of rotatable bonds is 6. The molecule has 0 saturated carbocycles. The second kappa shape index (κ2) is 7.77. The van der Waals surface area contributed by atoms with Gasteiger partial charge < -0.3 is 5.32 Å². The molecule has 3 nitrogen and oxygen atoms in total. The highest BCUT2D eigenvalue weighted by molar-refractivity contribution is 8.02. The summed E-state index contributed by atoms with van der Waals surface area (Å²) in [5, 5.41) is 2.71. The maximum Gasteiger partial charge on any atom is 0.233 e. The molecule has 24 heavy (non-hydrogen) atoms. The lowest BCUT2D eigenvalue weighted by molar-refractivity contribution is -0.120. The number of amides is 1. The maximum atomic E-state index is 12.8. The lowest BCUT2D eigenvalue weighted by Gasteiger charge is -2.10. The zero-order chi connectivity index (χ0) is 16.9. The Kier molecular flexibility index (Phi) is 5.48. The number of thiazole rings is 1. The van der Waals surface area contributed by atoms with Crippen molar-refractivity contribution in [2.24, 2.45) is 0 Å². The Morgan fingerprint density at radius 2 is 2.00 bits per heavy atom. The van der Waals surface area contributed by atoms with Crippen molar-refractivity contribution in [1.29, 1.82) is 0 Å². The van der Waals surface area contributed by atoms with Crippen LogP contribution in [0.25, 0.3) is 10.2 Å². The topological polar surface area (TPSA) is 42.0 Å². The van der Waals surface area contributed by atoms with Crippen LogP contribution in [-0.4, -0.2) is 22.7 Å². The van der Waals surface area contributed by atoms with Gasteiger partial charge in [-0.1, -0.05) is 36.0 Å². The minimum absolute atomic E-state index is 0.0126. The van der Waals surface area contributed by atoms with Gasteiger partial charge in [0, 0.05) is 6.54 Å². The number of thioether (sulfide) groups is 1. The van der Waals surface area contributed by atoms with Gasteiger partial charge in [0.25, 0.3) is 0 Å². The maximum absolute atomic E-state index is 12.8. The summed E-state index contributed by atoms with van der Waals surface area (Å²) in [5.74, 6) is -0.259. The van der Waals surface area contributed by atoms with Crippen LogP contribution in [0.15, 0.2) is 52.9 Å². The first-order valence-electron chi connectivity index (χ1n) is 7.66. The van der Waals surface area contributed by atoms with E-state index in [0.717, 1.165) is 20.1 Å². The summed E-state index contributed by atoms with van der Waals surface area (Å²) in [7, 11) is 0. The fourth-order valence-corrected chi connectivity index (χ4v) is 4.47. The zero-order valence-electron chi connectivity index (χ0n) is 13.2. The summed E-state index contributed by atoms with van der Waals surface area (Å²) in [5.41, 5.74) is 1.97. The van der Waals surface area contributed by atoms with E-state index in [1.165, 1.54) is 23.9 Å². The van der Waals surface area contributed by atoms with Crippen molar-refractivity contribution >= 4 is 39.2 Å². The lowest BCUT2D eigenvalue weighted by atomic mass is 10.1. The molecule has 2 aromatic carbocycles. The predicted octanol–water partition coefficient (Wildman–Crippen LogP) is 4.27. The molecule has 124 valence electrons. The molecular formula is C18H17FN2OS2. The molecule has 1 aromatic heterocycles. The van der Waals surface area contributed by atoms with Crippen LogP contribution in [0.3, 0.4) is 0 Å². The number of fused-ring (bicyclic) bond motifs is 1. The Morgan fingerprint density at radius 1 is 1.25 bits per heavy atom. The van der Waals surface area contributed by atoms with Crippen LogP contribution < -0.4 is 5.32 Å². The fraction of sp³-hybridized carbons (Fsp3) is 0.222. The molecular weight excluding hydrogens is 343 g/mol. The summed E-state index contributed by atoms with van der Waals surface area (Å²) in [6, 6.07) is 14.3. The molecule has 3 aromatic rings. The molecule has 0 aliphatic rings. The fourth-order valence-electron chi connectivity index (χ4n) is 2.23. The molecule has 1 heterocycles. The summed E-state index contributed by atoms with van der Waals surface area (Å²) in [4.78, 5) is 16.7. The minimum Gasteiger partial charge on any atom is -0.355 e. The van der Waals surface area contributed by atoms with Crippen molar-refractivity contribution in [1.82, 2.24) is 10.3 Å². The number of nitrogens with zero attached hydrogens (tertiary/aromatic N) is 1. The van der Waals surface area contributed by atoms with Crippen molar-refractivity contribution in [3.63, 3.8) is 0 Å². The van der Waals surface area contributed by atoms with Gasteiger partial charge in [0.15, 0.2) is 4.34 Å². The summed E-state index contributed by atoms with van der Waals surface area (Å²) < 4.78 is 14.9. The van der Waals surface area contributed by atoms with E-state index in [1.807, 2.05) is 31.2 Å². The van der Waals surface area contributed by atoms with Crippen LogP contribution in [0.2, 0.25) is 0 Å². The Morgan fingerprint density at radius 3 is 2.75 bits per heavy atom. The number of aromatic nitrogens is 1. The molecule has 0 aliphatic carbocycles. The molecule has 0 radical (unpaired) electrons. The van der Waals surface area contributed by atoms with Crippen LogP contribution >= 0.6 is 23.1 Å². The molecule has 1 atom stereocenters. The monoisotopic (exact) mass is 360 g/mol. The van der Waals surface area contributed by atoms with E-state index in [1.54, 1.807) is 23.5 Å². The van der Waals surface area contributed by atoms with Gasteiger partial charge in [-0.2, -0.15) is 0 Å². The highest BCUT2D eigenvalue weighted by atomic mass is 32.2. The van der Waals surface area contributed by atoms with Gasteiger partial charge in [-0.05, 0) is 43.2 Å². The van der Waals surface area contributed by atoms with E-state index < -0.39 is 0 Å². The van der Waals surface area contributed by atoms with Crippen molar-refractivity contribution < 1.29 is 9.18 Å². The van der Waals surface area contributed by atoms with Gasteiger partial charge in [-0.3, -0.25) is 4.79 Å². The molecule has 0 aliphatic heterocycles. The van der Waals surface area contributed by atoms with E-state index in [2.05, 4.69) is 10.3 Å². The molecule has 6 heteroatoms. The molecule has 0 spiro atoms. The van der Waals surface area contributed by atoms with Gasteiger partial charge in [0.2, 0.25) is 5.91 Å². The number of nitrogens with one attached hydrogen (secondary N) is 1. The zero-order valence-corrected chi connectivity index (χ0v) is 14.8. The first-order valence-corrected chi connectivity index (χ1v) is 9.36. The number of carbonyl (C=O) groups excluding carboxylic acids is 1. The average molecular weight is 360 g/mol. The second-order valence-corrected chi connectivity index (χ2v) is 7.99. The Labute approximate surface area is 148 Å². The largest absolute Gasteiger partial charge is 0.355 e. The SMILES string of the molecule is C[C@H](Sc1nc2ccccc2s1)C(=O)NCCc1ccc(F)cc1.